The number of hydrogen-bond acceptors (Lipinski definition) is 6. The van der Waals surface area contributed by atoms with Gasteiger partial charge in [-0.25, -0.2) is 14.6 Å². The molecule has 1 aliphatic rings. The predicted molar refractivity (Wildman–Crippen MR) is 93.3 cm³/mol. The molecule has 0 bridgehead atoms. The number of hydrogen-bond donors (Lipinski definition) is 2. The number of fused-ring (bicyclic) bond motifs is 1. The lowest BCUT2D eigenvalue weighted by atomic mass is 10.1. The maximum Gasteiger partial charge on any atom is 0.277 e. The number of H-pyrrole nitrogens is 1. The zero-order chi connectivity index (χ0) is 18.3. The smallest absolute Gasteiger partial charge is 0.277 e. The van der Waals surface area contributed by atoms with Crippen molar-refractivity contribution in [3.63, 3.8) is 0 Å². The molecule has 0 aromatic carbocycles. The molecule has 0 saturated heterocycles. The van der Waals surface area contributed by atoms with E-state index in [1.54, 1.807) is 10.7 Å². The molecule has 0 fully saturated rings. The van der Waals surface area contributed by atoms with Crippen molar-refractivity contribution < 1.29 is 9.53 Å². The Morgan fingerprint density at radius 3 is 2.77 bits per heavy atom. The van der Waals surface area contributed by atoms with E-state index in [4.69, 9.17) is 4.74 Å². The van der Waals surface area contributed by atoms with Gasteiger partial charge in [-0.3, -0.25) is 9.89 Å². The Hall–Kier alpha value is -3.07. The largest absolute Gasteiger partial charge is 0.376 e. The Morgan fingerprint density at radius 2 is 2.00 bits per heavy atom. The van der Waals surface area contributed by atoms with Crippen molar-refractivity contribution in [1.82, 2.24) is 29.9 Å². The fourth-order valence-electron chi connectivity index (χ4n) is 3.02. The highest BCUT2D eigenvalue weighted by atomic mass is 16.5. The molecule has 4 rings (SSSR count). The summed E-state index contributed by atoms with van der Waals surface area (Å²) in [4.78, 5) is 21.4. The van der Waals surface area contributed by atoms with Gasteiger partial charge in [-0.05, 0) is 26.8 Å². The minimum absolute atomic E-state index is 0.320. The first-order valence-corrected chi connectivity index (χ1v) is 8.36. The highest BCUT2D eigenvalue weighted by molar-refractivity contribution is 6.03. The average molecular weight is 353 g/mol. The number of carbonyl (C=O) groups excluding carboxylic acids is 1. The first-order chi connectivity index (χ1) is 12.5. The Bertz CT molecular complexity index is 969. The van der Waals surface area contributed by atoms with Gasteiger partial charge in [0.1, 0.15) is 0 Å². The highest BCUT2D eigenvalue weighted by Gasteiger charge is 2.23. The number of aromatic amines is 1. The molecular formula is C17H19N7O2. The standard InChI is InChI=1S/C17H19N7O2/c1-9-6-10(2)19-17(18-9)24-11(3)7-14(23-24)20-16(25)15-12-8-26-5-4-13(12)21-22-15/h6-7H,4-5,8H2,1-3H3,(H,21,22)(H,20,23,25). The fourth-order valence-corrected chi connectivity index (χ4v) is 3.02. The zero-order valence-electron chi connectivity index (χ0n) is 14.8. The van der Waals surface area contributed by atoms with Crippen LogP contribution in [0.15, 0.2) is 12.1 Å². The summed E-state index contributed by atoms with van der Waals surface area (Å²) >= 11 is 0. The second-order valence-electron chi connectivity index (χ2n) is 6.32. The number of aryl methyl sites for hydroxylation is 3. The third kappa shape index (κ3) is 2.97. The molecule has 0 unspecified atom stereocenters. The molecule has 1 amide bonds. The molecular weight excluding hydrogens is 334 g/mol. The summed E-state index contributed by atoms with van der Waals surface area (Å²) in [7, 11) is 0. The maximum atomic E-state index is 12.6. The van der Waals surface area contributed by atoms with Crippen LogP contribution in [0.3, 0.4) is 0 Å². The normalized spacial score (nSPS) is 13.5. The van der Waals surface area contributed by atoms with Crippen molar-refractivity contribution in [3.8, 4) is 5.95 Å². The van der Waals surface area contributed by atoms with Gasteiger partial charge in [0, 0.05) is 40.8 Å². The van der Waals surface area contributed by atoms with Gasteiger partial charge in [0.05, 0.1) is 13.2 Å². The van der Waals surface area contributed by atoms with Crippen molar-refractivity contribution in [2.24, 2.45) is 0 Å². The van der Waals surface area contributed by atoms with E-state index in [-0.39, 0.29) is 5.91 Å². The Labute approximate surface area is 149 Å². The summed E-state index contributed by atoms with van der Waals surface area (Å²) in [6, 6.07) is 3.67. The molecule has 3 aromatic rings. The van der Waals surface area contributed by atoms with Crippen molar-refractivity contribution in [1.29, 1.82) is 0 Å². The Kier molecular flexibility index (Phi) is 4.00. The summed E-state index contributed by atoms with van der Waals surface area (Å²) in [6.45, 7) is 6.72. The molecule has 9 heteroatoms. The van der Waals surface area contributed by atoms with Crippen LogP contribution in [0.4, 0.5) is 5.82 Å². The molecule has 3 aromatic heterocycles. The van der Waals surface area contributed by atoms with Crippen LogP contribution in [0.1, 0.15) is 38.8 Å². The quantitative estimate of drug-likeness (QED) is 0.740. The van der Waals surface area contributed by atoms with E-state index in [0.717, 1.165) is 34.8 Å². The summed E-state index contributed by atoms with van der Waals surface area (Å²) < 4.78 is 7.03. The van der Waals surface area contributed by atoms with E-state index < -0.39 is 0 Å². The molecule has 9 nitrogen and oxygen atoms in total. The van der Waals surface area contributed by atoms with Crippen LogP contribution in [0.2, 0.25) is 0 Å². The number of rotatable bonds is 3. The van der Waals surface area contributed by atoms with E-state index in [9.17, 15) is 4.79 Å². The van der Waals surface area contributed by atoms with Gasteiger partial charge in [0.2, 0.25) is 0 Å². The molecule has 0 aliphatic carbocycles. The number of ether oxygens (including phenoxy) is 1. The number of carbonyl (C=O) groups is 1. The predicted octanol–water partition coefficient (Wildman–Crippen LogP) is 1.64. The maximum absolute atomic E-state index is 12.6. The van der Waals surface area contributed by atoms with Crippen LogP contribution in [-0.2, 0) is 17.8 Å². The van der Waals surface area contributed by atoms with Crippen LogP contribution >= 0.6 is 0 Å². The fraction of sp³-hybridized carbons (Fsp3) is 0.353. The van der Waals surface area contributed by atoms with Crippen molar-refractivity contribution >= 4 is 11.7 Å². The van der Waals surface area contributed by atoms with Crippen LogP contribution in [0.5, 0.6) is 0 Å². The zero-order valence-corrected chi connectivity index (χ0v) is 14.8. The molecule has 4 heterocycles. The number of aromatic nitrogens is 6. The van der Waals surface area contributed by atoms with Crippen molar-refractivity contribution in [3.05, 3.63) is 46.2 Å². The van der Waals surface area contributed by atoms with Gasteiger partial charge >= 0.3 is 0 Å². The van der Waals surface area contributed by atoms with Crippen LogP contribution < -0.4 is 5.32 Å². The minimum atomic E-state index is -0.320. The second-order valence-corrected chi connectivity index (χ2v) is 6.32. The van der Waals surface area contributed by atoms with Crippen molar-refractivity contribution in [2.75, 3.05) is 11.9 Å². The second kappa shape index (κ2) is 6.34. The molecule has 2 N–H and O–H groups in total. The van der Waals surface area contributed by atoms with Crippen molar-refractivity contribution in [2.45, 2.75) is 33.8 Å². The number of nitrogens with one attached hydrogen (secondary N) is 2. The molecule has 0 saturated carbocycles. The Balaban J connectivity index is 1.60. The molecule has 26 heavy (non-hydrogen) atoms. The van der Waals surface area contributed by atoms with Gasteiger partial charge in [-0.2, -0.15) is 5.10 Å². The first-order valence-electron chi connectivity index (χ1n) is 8.36. The third-order valence-electron chi connectivity index (χ3n) is 4.20. The topological polar surface area (TPSA) is 111 Å². The highest BCUT2D eigenvalue weighted by Crippen LogP contribution is 2.20. The number of nitrogens with zero attached hydrogens (tertiary/aromatic N) is 5. The third-order valence-corrected chi connectivity index (χ3v) is 4.20. The molecule has 0 radical (unpaired) electrons. The van der Waals surface area contributed by atoms with E-state index >= 15 is 0 Å². The van der Waals surface area contributed by atoms with E-state index in [1.807, 2.05) is 26.8 Å². The average Bonchev–Trinajstić information content (AvgIpc) is 3.17. The van der Waals surface area contributed by atoms with E-state index in [2.05, 4.69) is 30.6 Å². The van der Waals surface area contributed by atoms with Gasteiger partial charge in [0.25, 0.3) is 11.9 Å². The van der Waals surface area contributed by atoms with Crippen LogP contribution in [-0.4, -0.2) is 42.5 Å². The number of anilines is 1. The lowest BCUT2D eigenvalue weighted by molar-refractivity contribution is 0.0984. The molecule has 0 spiro atoms. The minimum Gasteiger partial charge on any atom is -0.376 e. The van der Waals surface area contributed by atoms with Gasteiger partial charge in [-0.1, -0.05) is 0 Å². The Morgan fingerprint density at radius 1 is 1.23 bits per heavy atom. The number of amides is 1. The van der Waals surface area contributed by atoms with Gasteiger partial charge in [0.15, 0.2) is 11.5 Å². The van der Waals surface area contributed by atoms with E-state index in [0.29, 0.717) is 30.7 Å². The van der Waals surface area contributed by atoms with Crippen LogP contribution in [0, 0.1) is 20.8 Å². The summed E-state index contributed by atoms with van der Waals surface area (Å²) in [6.07, 6.45) is 0.730. The lowest BCUT2D eigenvalue weighted by Crippen LogP contribution is -2.17. The van der Waals surface area contributed by atoms with Gasteiger partial charge in [-0.15, -0.1) is 5.10 Å². The molecule has 134 valence electrons. The SMILES string of the molecule is Cc1cc(C)nc(-n2nc(NC(=O)c3n[nH]c4c3COCC4)cc2C)n1. The summed E-state index contributed by atoms with van der Waals surface area (Å²) in [5.74, 6) is 0.578. The lowest BCUT2D eigenvalue weighted by Gasteiger charge is -2.11. The molecule has 1 aliphatic heterocycles. The monoisotopic (exact) mass is 353 g/mol. The van der Waals surface area contributed by atoms with Crippen LogP contribution in [0.25, 0.3) is 5.95 Å². The van der Waals surface area contributed by atoms with E-state index in [1.165, 1.54) is 0 Å². The van der Waals surface area contributed by atoms with Gasteiger partial charge < -0.3 is 10.1 Å². The summed E-state index contributed by atoms with van der Waals surface area (Å²) in [5.41, 5.74) is 4.63. The summed E-state index contributed by atoms with van der Waals surface area (Å²) in [5, 5.41) is 14.2. The molecule has 0 atom stereocenters. The first kappa shape index (κ1) is 16.4.